The van der Waals surface area contributed by atoms with E-state index in [-0.39, 0.29) is 12.6 Å². The van der Waals surface area contributed by atoms with Gasteiger partial charge in [-0.3, -0.25) is 0 Å². The molecular formula is C15H23BrN2O. The first-order valence-electron chi connectivity index (χ1n) is 6.87. The van der Waals surface area contributed by atoms with Crippen LogP contribution in [0.25, 0.3) is 0 Å². The Hall–Kier alpha value is -0.580. The Kier molecular flexibility index (Phi) is 4.87. The number of aliphatic hydroxyl groups is 1. The molecule has 1 heterocycles. The van der Waals surface area contributed by atoms with Crippen molar-refractivity contribution in [2.24, 2.45) is 0 Å². The van der Waals surface area contributed by atoms with Crippen LogP contribution in [-0.2, 0) is 0 Å². The molecule has 1 aromatic carbocycles. The lowest BCUT2D eigenvalue weighted by atomic mass is 10.1. The zero-order valence-electron chi connectivity index (χ0n) is 11.9. The van der Waals surface area contributed by atoms with Crippen molar-refractivity contribution in [1.82, 2.24) is 4.90 Å². The minimum Gasteiger partial charge on any atom is -0.394 e. The molecule has 106 valence electrons. The predicted octanol–water partition coefficient (Wildman–Crippen LogP) is 2.65. The molecule has 1 N–H and O–H groups in total. The van der Waals surface area contributed by atoms with Crippen molar-refractivity contribution in [3.05, 3.63) is 28.2 Å². The summed E-state index contributed by atoms with van der Waals surface area (Å²) in [6.45, 7) is 6.44. The highest BCUT2D eigenvalue weighted by Gasteiger charge is 2.26. The first-order valence-corrected chi connectivity index (χ1v) is 7.66. The zero-order valence-corrected chi connectivity index (χ0v) is 13.5. The standard InChI is InChI=1S/C15H23BrN2O/c1-11-4-5-13(8-15(11)16)18-7-6-12(2)17(3)9-14(18)10-19/h4-5,8,12,14,19H,6-7,9-10H2,1-3H3. The Morgan fingerprint density at radius 1 is 1.42 bits per heavy atom. The van der Waals surface area contributed by atoms with Crippen molar-refractivity contribution < 1.29 is 5.11 Å². The molecule has 2 unspecified atom stereocenters. The third-order valence-corrected chi connectivity index (χ3v) is 5.03. The fourth-order valence-corrected chi connectivity index (χ4v) is 2.96. The number of halogens is 1. The van der Waals surface area contributed by atoms with E-state index in [2.05, 4.69) is 64.8 Å². The van der Waals surface area contributed by atoms with Crippen LogP contribution in [-0.4, -0.2) is 48.8 Å². The lowest BCUT2D eigenvalue weighted by Crippen LogP contribution is -2.43. The first-order chi connectivity index (χ1) is 9.02. The number of nitrogens with zero attached hydrogens (tertiary/aromatic N) is 2. The minimum absolute atomic E-state index is 0.171. The zero-order chi connectivity index (χ0) is 14.0. The van der Waals surface area contributed by atoms with E-state index in [9.17, 15) is 5.11 Å². The second kappa shape index (κ2) is 6.25. The van der Waals surface area contributed by atoms with Gasteiger partial charge in [0.05, 0.1) is 12.6 Å². The molecule has 1 aliphatic rings. The fourth-order valence-electron chi connectivity index (χ4n) is 2.60. The van der Waals surface area contributed by atoms with E-state index < -0.39 is 0 Å². The molecule has 0 bridgehead atoms. The Bertz CT molecular complexity index is 438. The molecule has 0 saturated carbocycles. The Morgan fingerprint density at radius 2 is 2.16 bits per heavy atom. The molecule has 19 heavy (non-hydrogen) atoms. The molecule has 1 fully saturated rings. The van der Waals surface area contributed by atoms with Crippen LogP contribution in [0, 0.1) is 6.92 Å². The average molecular weight is 327 g/mol. The molecule has 0 amide bonds. The molecule has 1 aromatic rings. The number of anilines is 1. The maximum Gasteiger partial charge on any atom is 0.0647 e. The van der Waals surface area contributed by atoms with Crippen LogP contribution in [0.2, 0.25) is 0 Å². The minimum atomic E-state index is 0.171. The van der Waals surface area contributed by atoms with Crippen LogP contribution in [0.3, 0.4) is 0 Å². The number of rotatable bonds is 2. The van der Waals surface area contributed by atoms with Crippen LogP contribution in [0.15, 0.2) is 22.7 Å². The van der Waals surface area contributed by atoms with Crippen LogP contribution in [0.5, 0.6) is 0 Å². The predicted molar refractivity (Wildman–Crippen MR) is 83.8 cm³/mol. The Morgan fingerprint density at radius 3 is 2.79 bits per heavy atom. The van der Waals surface area contributed by atoms with E-state index in [1.54, 1.807) is 0 Å². The van der Waals surface area contributed by atoms with Crippen LogP contribution < -0.4 is 4.90 Å². The monoisotopic (exact) mass is 326 g/mol. The summed E-state index contributed by atoms with van der Waals surface area (Å²) >= 11 is 3.60. The number of likely N-dealkylation sites (N-methyl/N-ethyl adjacent to an activating group) is 1. The van der Waals surface area contributed by atoms with Crippen LogP contribution in [0.1, 0.15) is 18.9 Å². The van der Waals surface area contributed by atoms with Crippen molar-refractivity contribution >= 4 is 21.6 Å². The highest BCUT2D eigenvalue weighted by atomic mass is 79.9. The van der Waals surface area contributed by atoms with E-state index in [1.165, 1.54) is 11.3 Å². The third-order valence-electron chi connectivity index (χ3n) is 4.18. The van der Waals surface area contributed by atoms with Crippen molar-refractivity contribution in [2.45, 2.75) is 32.4 Å². The van der Waals surface area contributed by atoms with Gasteiger partial charge in [-0.2, -0.15) is 0 Å². The topological polar surface area (TPSA) is 26.7 Å². The molecule has 0 spiro atoms. The number of aryl methyl sites for hydroxylation is 1. The summed E-state index contributed by atoms with van der Waals surface area (Å²) in [6.07, 6.45) is 1.12. The average Bonchev–Trinajstić information content (AvgIpc) is 2.53. The lowest BCUT2D eigenvalue weighted by Gasteiger charge is -2.32. The summed E-state index contributed by atoms with van der Waals surface area (Å²) in [4.78, 5) is 4.67. The van der Waals surface area contributed by atoms with Crippen molar-refractivity contribution in [3.63, 3.8) is 0 Å². The van der Waals surface area contributed by atoms with Gasteiger partial charge >= 0.3 is 0 Å². The third kappa shape index (κ3) is 3.30. The number of hydrogen-bond donors (Lipinski definition) is 1. The van der Waals surface area contributed by atoms with Gasteiger partial charge in [-0.25, -0.2) is 0 Å². The summed E-state index contributed by atoms with van der Waals surface area (Å²) in [6, 6.07) is 7.18. The summed E-state index contributed by atoms with van der Waals surface area (Å²) < 4.78 is 1.13. The van der Waals surface area contributed by atoms with Crippen molar-refractivity contribution in [2.75, 3.05) is 31.6 Å². The van der Waals surface area contributed by atoms with Crippen LogP contribution in [0.4, 0.5) is 5.69 Å². The molecule has 4 heteroatoms. The quantitative estimate of drug-likeness (QED) is 0.905. The highest BCUT2D eigenvalue weighted by molar-refractivity contribution is 9.10. The van der Waals surface area contributed by atoms with Crippen molar-refractivity contribution in [1.29, 1.82) is 0 Å². The molecule has 0 aromatic heterocycles. The molecule has 1 saturated heterocycles. The summed E-state index contributed by atoms with van der Waals surface area (Å²) in [5.74, 6) is 0. The molecule has 2 rings (SSSR count). The van der Waals surface area contributed by atoms with Gasteiger partial charge in [0, 0.05) is 29.3 Å². The summed E-state index contributed by atoms with van der Waals surface area (Å²) in [5, 5.41) is 9.70. The Balaban J connectivity index is 2.27. The van der Waals surface area contributed by atoms with E-state index in [4.69, 9.17) is 0 Å². The van der Waals surface area contributed by atoms with Gasteiger partial charge in [0.2, 0.25) is 0 Å². The molecule has 0 radical (unpaired) electrons. The van der Waals surface area contributed by atoms with E-state index in [0.717, 1.165) is 24.0 Å². The maximum atomic E-state index is 9.70. The van der Waals surface area contributed by atoms with E-state index in [0.29, 0.717) is 6.04 Å². The fraction of sp³-hybridized carbons (Fsp3) is 0.600. The second-order valence-electron chi connectivity index (χ2n) is 5.54. The lowest BCUT2D eigenvalue weighted by molar-refractivity contribution is 0.206. The molecule has 3 nitrogen and oxygen atoms in total. The number of hydrogen-bond acceptors (Lipinski definition) is 3. The first kappa shape index (κ1) is 14.8. The van der Waals surface area contributed by atoms with Gasteiger partial charge in [-0.1, -0.05) is 22.0 Å². The normalized spacial score (nSPS) is 25.4. The van der Waals surface area contributed by atoms with Gasteiger partial charge in [-0.05, 0) is 45.0 Å². The highest BCUT2D eigenvalue weighted by Crippen LogP contribution is 2.27. The number of benzene rings is 1. The number of aliphatic hydroxyl groups excluding tert-OH is 1. The van der Waals surface area contributed by atoms with E-state index >= 15 is 0 Å². The largest absolute Gasteiger partial charge is 0.394 e. The SMILES string of the molecule is Cc1ccc(N2CCC(C)N(C)CC2CO)cc1Br. The maximum absolute atomic E-state index is 9.70. The summed E-state index contributed by atoms with van der Waals surface area (Å²) in [5.41, 5.74) is 2.43. The molecule has 0 aliphatic carbocycles. The van der Waals surface area contributed by atoms with Gasteiger partial charge in [0.25, 0.3) is 0 Å². The molecular weight excluding hydrogens is 304 g/mol. The smallest absolute Gasteiger partial charge is 0.0647 e. The Labute approximate surface area is 124 Å². The second-order valence-corrected chi connectivity index (χ2v) is 6.39. The van der Waals surface area contributed by atoms with Crippen molar-refractivity contribution in [3.8, 4) is 0 Å². The summed E-state index contributed by atoms with van der Waals surface area (Å²) in [7, 11) is 2.14. The molecule has 1 aliphatic heterocycles. The van der Waals surface area contributed by atoms with Gasteiger partial charge in [-0.15, -0.1) is 0 Å². The van der Waals surface area contributed by atoms with Crippen LogP contribution >= 0.6 is 15.9 Å². The van der Waals surface area contributed by atoms with Gasteiger partial charge < -0.3 is 14.9 Å². The van der Waals surface area contributed by atoms with E-state index in [1.807, 2.05) is 0 Å². The molecule has 2 atom stereocenters. The van der Waals surface area contributed by atoms with Gasteiger partial charge in [0.15, 0.2) is 0 Å². The van der Waals surface area contributed by atoms with Gasteiger partial charge in [0.1, 0.15) is 0 Å².